The van der Waals surface area contributed by atoms with Crippen LogP contribution < -0.4 is 0 Å². The molecular formula is C11H8Cl2NO2. The van der Waals surface area contributed by atoms with Crippen molar-refractivity contribution in [3.05, 3.63) is 33.9 Å². The molecule has 0 saturated carbocycles. The van der Waals surface area contributed by atoms with Crippen molar-refractivity contribution in [3.8, 4) is 0 Å². The van der Waals surface area contributed by atoms with Gasteiger partial charge in [-0.25, -0.2) is 4.79 Å². The van der Waals surface area contributed by atoms with Crippen molar-refractivity contribution in [1.82, 2.24) is 4.98 Å². The molecule has 0 aliphatic carbocycles. The lowest BCUT2D eigenvalue weighted by atomic mass is 10.1. The van der Waals surface area contributed by atoms with Crippen LogP contribution in [0.1, 0.15) is 17.3 Å². The van der Waals surface area contributed by atoms with Gasteiger partial charge in [0.15, 0.2) is 0 Å². The van der Waals surface area contributed by atoms with Crippen molar-refractivity contribution in [2.24, 2.45) is 0 Å². The Bertz CT molecular complexity index is 548. The van der Waals surface area contributed by atoms with Gasteiger partial charge >= 0.3 is 5.97 Å². The number of rotatable bonds is 2. The molecule has 0 amide bonds. The molecule has 1 N–H and O–H groups in total. The van der Waals surface area contributed by atoms with Crippen molar-refractivity contribution in [2.75, 3.05) is 6.61 Å². The summed E-state index contributed by atoms with van der Waals surface area (Å²) >= 11 is 12.1. The van der Waals surface area contributed by atoms with Gasteiger partial charge in [0.05, 0.1) is 33.9 Å². The summed E-state index contributed by atoms with van der Waals surface area (Å²) in [7, 11) is 0. The van der Waals surface area contributed by atoms with E-state index in [0.717, 1.165) is 5.39 Å². The highest BCUT2D eigenvalue weighted by atomic mass is 35.5. The third kappa shape index (κ3) is 1.77. The number of aromatic nitrogens is 1. The van der Waals surface area contributed by atoms with E-state index in [1.54, 1.807) is 19.1 Å². The number of fused-ring (bicyclic) bond motifs is 1. The van der Waals surface area contributed by atoms with E-state index in [4.69, 9.17) is 27.9 Å². The molecule has 1 radical (unpaired) electrons. The van der Waals surface area contributed by atoms with Gasteiger partial charge in [0, 0.05) is 5.39 Å². The molecular weight excluding hydrogens is 249 g/mol. The number of ether oxygens (including phenoxy) is 1. The summed E-state index contributed by atoms with van der Waals surface area (Å²) in [5.74, 6) is -0.519. The van der Waals surface area contributed by atoms with E-state index in [9.17, 15) is 4.79 Å². The molecule has 16 heavy (non-hydrogen) atoms. The highest BCUT2D eigenvalue weighted by Crippen LogP contribution is 2.32. The number of carbonyl (C=O) groups excluding carboxylic acids is 1. The van der Waals surface area contributed by atoms with Crippen LogP contribution in [0.25, 0.3) is 10.9 Å². The zero-order valence-corrected chi connectivity index (χ0v) is 9.95. The van der Waals surface area contributed by atoms with Crippen LogP contribution in [0.3, 0.4) is 0 Å². The molecule has 1 aromatic carbocycles. The lowest BCUT2D eigenvalue weighted by molar-refractivity contribution is 0.0527. The molecule has 0 aliphatic rings. The van der Waals surface area contributed by atoms with Crippen molar-refractivity contribution in [1.29, 1.82) is 0 Å². The van der Waals surface area contributed by atoms with Gasteiger partial charge in [-0.1, -0.05) is 23.2 Å². The zero-order valence-electron chi connectivity index (χ0n) is 8.43. The van der Waals surface area contributed by atoms with E-state index in [2.05, 4.69) is 11.2 Å². The van der Waals surface area contributed by atoms with Crippen molar-refractivity contribution in [2.45, 2.75) is 6.92 Å². The molecule has 0 fully saturated rings. The van der Waals surface area contributed by atoms with Gasteiger partial charge in [0.1, 0.15) is 0 Å². The second kappa shape index (κ2) is 4.36. The Morgan fingerprint density at radius 3 is 3.00 bits per heavy atom. The maximum absolute atomic E-state index is 11.6. The largest absolute Gasteiger partial charge is 0.462 e. The Labute approximate surface area is 102 Å². The van der Waals surface area contributed by atoms with E-state index in [1.165, 1.54) is 0 Å². The van der Waals surface area contributed by atoms with Crippen molar-refractivity contribution >= 4 is 40.1 Å². The van der Waals surface area contributed by atoms with Gasteiger partial charge in [0.2, 0.25) is 0 Å². The standard InChI is InChI=1S/C11H8Cl2NO2/c1-2-16-11(15)8-7(12)5-6-3-4-14-10(6)9(8)13/h3,5,14H,2H2,1H3. The highest BCUT2D eigenvalue weighted by molar-refractivity contribution is 6.42. The number of H-pyrrole nitrogens is 1. The molecule has 5 heteroatoms. The number of aromatic amines is 1. The Balaban J connectivity index is 2.63. The second-order valence-corrected chi connectivity index (χ2v) is 3.93. The predicted molar refractivity (Wildman–Crippen MR) is 63.1 cm³/mol. The number of esters is 1. The highest BCUT2D eigenvalue weighted by Gasteiger charge is 2.19. The molecule has 83 valence electrons. The second-order valence-electron chi connectivity index (χ2n) is 3.15. The summed E-state index contributed by atoms with van der Waals surface area (Å²) in [4.78, 5) is 14.5. The minimum atomic E-state index is -0.519. The Morgan fingerprint density at radius 2 is 2.31 bits per heavy atom. The smallest absolute Gasteiger partial charge is 0.341 e. The first-order valence-electron chi connectivity index (χ1n) is 4.69. The summed E-state index contributed by atoms with van der Waals surface area (Å²) in [5.41, 5.74) is 0.822. The monoisotopic (exact) mass is 256 g/mol. The number of hydrogen-bond acceptors (Lipinski definition) is 2. The maximum atomic E-state index is 11.6. The average Bonchev–Trinajstić information content (AvgIpc) is 2.66. The summed E-state index contributed by atoms with van der Waals surface area (Å²) in [6.07, 6.45) is 2.78. The number of hydrogen-bond donors (Lipinski definition) is 1. The zero-order chi connectivity index (χ0) is 11.7. The molecule has 3 nitrogen and oxygen atoms in total. The fourth-order valence-corrected chi connectivity index (χ4v) is 2.13. The normalized spacial score (nSPS) is 10.7. The summed E-state index contributed by atoms with van der Waals surface area (Å²) < 4.78 is 4.88. The SMILES string of the molecule is CCOC(=O)c1c(Cl)cc2c[c][nH]c2c1Cl. The molecule has 0 atom stereocenters. The van der Waals surface area contributed by atoms with Crippen LogP contribution in [0.5, 0.6) is 0 Å². The number of carbonyl (C=O) groups is 1. The van der Waals surface area contributed by atoms with Gasteiger partial charge in [-0.2, -0.15) is 0 Å². The molecule has 2 rings (SSSR count). The van der Waals surface area contributed by atoms with E-state index >= 15 is 0 Å². The first-order valence-corrected chi connectivity index (χ1v) is 5.44. The minimum absolute atomic E-state index is 0.188. The fourth-order valence-electron chi connectivity index (χ4n) is 1.45. The van der Waals surface area contributed by atoms with Crippen molar-refractivity contribution < 1.29 is 9.53 Å². The third-order valence-corrected chi connectivity index (χ3v) is 2.83. The van der Waals surface area contributed by atoms with Crippen molar-refractivity contribution in [3.63, 3.8) is 0 Å². The van der Waals surface area contributed by atoms with E-state index in [-0.39, 0.29) is 22.2 Å². The summed E-state index contributed by atoms with van der Waals surface area (Å²) in [6, 6.07) is 3.37. The molecule has 0 aliphatic heterocycles. The molecule has 1 heterocycles. The molecule has 0 unspecified atom stereocenters. The first kappa shape index (κ1) is 11.3. The van der Waals surface area contributed by atoms with Crippen LogP contribution >= 0.6 is 23.2 Å². The molecule has 2 aromatic rings. The quantitative estimate of drug-likeness (QED) is 0.837. The number of benzene rings is 1. The van der Waals surface area contributed by atoms with Crippen LogP contribution in [0, 0.1) is 6.20 Å². The third-order valence-electron chi connectivity index (χ3n) is 2.15. The maximum Gasteiger partial charge on any atom is 0.341 e. The van der Waals surface area contributed by atoms with Crippen LogP contribution in [-0.2, 0) is 4.74 Å². The lowest BCUT2D eigenvalue weighted by Gasteiger charge is -2.07. The van der Waals surface area contributed by atoms with Gasteiger partial charge in [-0.3, -0.25) is 0 Å². The van der Waals surface area contributed by atoms with E-state index in [0.29, 0.717) is 5.52 Å². The Hall–Kier alpha value is -1.19. The van der Waals surface area contributed by atoms with Crippen LogP contribution in [0.4, 0.5) is 0 Å². The Morgan fingerprint density at radius 1 is 1.56 bits per heavy atom. The number of nitrogens with one attached hydrogen (secondary N) is 1. The van der Waals surface area contributed by atoms with Gasteiger partial charge in [-0.15, -0.1) is 0 Å². The lowest BCUT2D eigenvalue weighted by Crippen LogP contribution is -2.06. The van der Waals surface area contributed by atoms with E-state index in [1.807, 2.05) is 0 Å². The first-order chi connectivity index (χ1) is 7.65. The van der Waals surface area contributed by atoms with Gasteiger partial charge in [-0.05, 0) is 19.1 Å². The summed E-state index contributed by atoms with van der Waals surface area (Å²) in [6.45, 7) is 2.00. The molecule has 1 aromatic heterocycles. The number of halogens is 2. The van der Waals surface area contributed by atoms with Gasteiger partial charge in [0.25, 0.3) is 0 Å². The van der Waals surface area contributed by atoms with E-state index < -0.39 is 5.97 Å². The summed E-state index contributed by atoms with van der Waals surface area (Å²) in [5, 5.41) is 1.36. The predicted octanol–water partition coefficient (Wildman–Crippen LogP) is 3.45. The van der Waals surface area contributed by atoms with Crippen LogP contribution in [0.15, 0.2) is 12.1 Å². The van der Waals surface area contributed by atoms with Crippen LogP contribution in [-0.4, -0.2) is 17.6 Å². The average molecular weight is 257 g/mol. The van der Waals surface area contributed by atoms with Gasteiger partial charge < -0.3 is 9.72 Å². The fraction of sp³-hybridized carbons (Fsp3) is 0.182. The molecule has 0 bridgehead atoms. The topological polar surface area (TPSA) is 42.1 Å². The molecule has 0 saturated heterocycles. The Kier molecular flexibility index (Phi) is 3.08. The molecule has 0 spiro atoms. The minimum Gasteiger partial charge on any atom is -0.462 e. The van der Waals surface area contributed by atoms with Crippen LogP contribution in [0.2, 0.25) is 10.0 Å².